The van der Waals surface area contributed by atoms with E-state index < -0.39 is 10.7 Å². The normalized spacial score (nSPS) is 22.3. The third kappa shape index (κ3) is 5.84. The second kappa shape index (κ2) is 11.2. The lowest BCUT2D eigenvalue weighted by Gasteiger charge is -2.33. The predicted octanol–water partition coefficient (Wildman–Crippen LogP) is 6.59. The molecular formula is C32H39N3OS2. The van der Waals surface area contributed by atoms with Gasteiger partial charge in [-0.05, 0) is 67.9 Å². The first-order valence-corrected chi connectivity index (χ1v) is 15.6. The number of aliphatic hydroxyl groups excluding tert-OH is 1. The summed E-state index contributed by atoms with van der Waals surface area (Å²) < 4.78 is 5.01. The molecule has 0 amide bonds. The Morgan fingerprint density at radius 3 is 2.58 bits per heavy atom. The topological polar surface area (TPSA) is 61.5 Å². The second-order valence-corrected chi connectivity index (χ2v) is 13.5. The smallest absolute Gasteiger partial charge is 0.0743 e. The number of nitrogens with zero attached hydrogens (tertiary/aromatic N) is 1. The van der Waals surface area contributed by atoms with Crippen LogP contribution in [0.4, 0.5) is 0 Å². The number of likely N-dealkylation sites (tertiary alicyclic amines) is 1. The van der Waals surface area contributed by atoms with Gasteiger partial charge in [-0.1, -0.05) is 83.8 Å². The highest BCUT2D eigenvalue weighted by atomic mass is 32.2. The number of aryl methyl sites for hydroxylation is 2. The van der Waals surface area contributed by atoms with Crippen molar-refractivity contribution >= 4 is 27.9 Å². The average Bonchev–Trinajstić information content (AvgIpc) is 3.43. The van der Waals surface area contributed by atoms with Gasteiger partial charge in [-0.25, -0.2) is 0 Å². The van der Waals surface area contributed by atoms with Crippen LogP contribution in [-0.2, 0) is 6.42 Å². The molecule has 1 saturated heterocycles. The Balaban J connectivity index is 1.23. The lowest BCUT2D eigenvalue weighted by Crippen LogP contribution is -2.35. The van der Waals surface area contributed by atoms with Gasteiger partial charge in [0.1, 0.15) is 0 Å². The van der Waals surface area contributed by atoms with Crippen molar-refractivity contribution < 1.29 is 5.11 Å². The molecule has 3 atom stereocenters. The van der Waals surface area contributed by atoms with Crippen LogP contribution in [0.1, 0.15) is 48.3 Å². The predicted molar refractivity (Wildman–Crippen MR) is 165 cm³/mol. The van der Waals surface area contributed by atoms with Crippen molar-refractivity contribution in [3.8, 4) is 10.4 Å². The van der Waals surface area contributed by atoms with Crippen molar-refractivity contribution in [3.05, 3.63) is 102 Å². The molecule has 2 heterocycles. The zero-order valence-electron chi connectivity index (χ0n) is 22.3. The lowest BCUT2D eigenvalue weighted by atomic mass is 9.99. The number of rotatable bonds is 10. The van der Waals surface area contributed by atoms with Crippen molar-refractivity contribution in [2.24, 2.45) is 5.73 Å². The SMILES string of the molecule is C=C(CCc1cccc(C2CC2(NS(=C)c2ccc(-c3ccc(C)cc3)s2)C(=C)N)c1)N1CCC(O)CC1. The van der Waals surface area contributed by atoms with Crippen molar-refractivity contribution in [1.82, 2.24) is 9.62 Å². The van der Waals surface area contributed by atoms with E-state index in [0.717, 1.165) is 45.2 Å². The van der Waals surface area contributed by atoms with Crippen LogP contribution in [0.15, 0.2) is 89.4 Å². The minimum absolute atomic E-state index is 0.158. The Morgan fingerprint density at radius 1 is 1.13 bits per heavy atom. The summed E-state index contributed by atoms with van der Waals surface area (Å²) >= 11 is 1.79. The molecule has 1 aromatic heterocycles. The number of nitrogens with one attached hydrogen (secondary N) is 1. The summed E-state index contributed by atoms with van der Waals surface area (Å²) in [5.74, 6) is 4.77. The maximum atomic E-state index is 9.78. The molecule has 2 fully saturated rings. The van der Waals surface area contributed by atoms with Crippen LogP contribution in [0.3, 0.4) is 0 Å². The Kier molecular flexibility index (Phi) is 7.96. The van der Waals surface area contributed by atoms with Crippen LogP contribution < -0.4 is 10.5 Å². The van der Waals surface area contributed by atoms with E-state index in [0.29, 0.717) is 11.6 Å². The van der Waals surface area contributed by atoms with E-state index in [1.54, 1.807) is 11.3 Å². The quantitative estimate of drug-likeness (QED) is 0.252. The van der Waals surface area contributed by atoms with Crippen molar-refractivity contribution in [3.63, 3.8) is 0 Å². The van der Waals surface area contributed by atoms with Gasteiger partial charge in [0.25, 0.3) is 0 Å². The molecule has 1 aliphatic carbocycles. The van der Waals surface area contributed by atoms with Crippen LogP contribution >= 0.6 is 22.0 Å². The van der Waals surface area contributed by atoms with E-state index in [1.807, 2.05) is 0 Å². The summed E-state index contributed by atoms with van der Waals surface area (Å²) in [5.41, 5.74) is 13.1. The molecule has 3 aromatic rings. The maximum absolute atomic E-state index is 9.78. The Morgan fingerprint density at radius 2 is 1.87 bits per heavy atom. The third-order valence-corrected chi connectivity index (χ3v) is 11.0. The first kappa shape index (κ1) is 26.9. The Bertz CT molecular complexity index is 1340. The van der Waals surface area contributed by atoms with E-state index >= 15 is 0 Å². The molecule has 0 spiro atoms. The molecule has 38 heavy (non-hydrogen) atoms. The first-order chi connectivity index (χ1) is 18.2. The molecule has 200 valence electrons. The van der Waals surface area contributed by atoms with Gasteiger partial charge < -0.3 is 15.7 Å². The van der Waals surface area contributed by atoms with Gasteiger partial charge in [-0.3, -0.25) is 4.72 Å². The van der Waals surface area contributed by atoms with Crippen molar-refractivity contribution in [1.29, 1.82) is 0 Å². The number of aliphatic hydroxyl groups is 1. The molecule has 4 N–H and O–H groups in total. The fraction of sp³-hybridized carbons (Fsp3) is 0.344. The monoisotopic (exact) mass is 545 g/mol. The summed E-state index contributed by atoms with van der Waals surface area (Å²) in [5, 5.41) is 9.78. The Hall–Kier alpha value is -2.64. The fourth-order valence-electron chi connectivity index (χ4n) is 5.39. The van der Waals surface area contributed by atoms with Gasteiger partial charge in [0.05, 0.1) is 15.9 Å². The summed E-state index contributed by atoms with van der Waals surface area (Å²) in [7, 11) is -0.391. The highest BCUT2D eigenvalue weighted by Gasteiger charge is 2.56. The standard InChI is InChI=1S/C32H39N3OS2/c1-22-8-12-26(13-9-22)30-14-15-31(37-30)38(4)34-32(24(3)33)21-29(32)27-7-5-6-25(20-27)11-10-23(2)35-18-16-28(36)17-19-35/h5-9,12-15,20,28-29,34,36H,2-4,10-11,16-19,21,33H2,1H3. The van der Waals surface area contributed by atoms with Crippen LogP contribution in [0.5, 0.6) is 0 Å². The lowest BCUT2D eigenvalue weighted by molar-refractivity contribution is 0.0959. The molecule has 5 rings (SSSR count). The number of nitrogens with two attached hydrogens (primary N) is 1. The van der Waals surface area contributed by atoms with Crippen LogP contribution in [-0.4, -0.2) is 40.6 Å². The second-order valence-electron chi connectivity index (χ2n) is 10.8. The van der Waals surface area contributed by atoms with Crippen molar-refractivity contribution in [2.45, 2.75) is 60.8 Å². The van der Waals surface area contributed by atoms with Gasteiger partial charge in [0, 0.05) is 35.3 Å². The zero-order chi connectivity index (χ0) is 26.9. The minimum Gasteiger partial charge on any atom is -0.401 e. The number of benzene rings is 2. The van der Waals surface area contributed by atoms with Gasteiger partial charge in [0.2, 0.25) is 0 Å². The van der Waals surface area contributed by atoms with Crippen molar-refractivity contribution in [2.75, 3.05) is 13.1 Å². The average molecular weight is 546 g/mol. The largest absolute Gasteiger partial charge is 0.401 e. The highest BCUT2D eigenvalue weighted by Crippen LogP contribution is 2.56. The van der Waals surface area contributed by atoms with Crippen LogP contribution in [0.25, 0.3) is 10.4 Å². The zero-order valence-corrected chi connectivity index (χ0v) is 23.9. The molecule has 1 aliphatic heterocycles. The first-order valence-electron chi connectivity index (χ1n) is 13.4. The molecular weight excluding hydrogens is 507 g/mol. The number of hydrogen-bond acceptors (Lipinski definition) is 5. The number of allylic oxidation sites excluding steroid dienone is 1. The van der Waals surface area contributed by atoms with E-state index in [-0.39, 0.29) is 11.6 Å². The summed E-state index contributed by atoms with van der Waals surface area (Å²) in [6.07, 6.45) is 4.33. The molecule has 4 nitrogen and oxygen atoms in total. The molecule has 2 aromatic carbocycles. The highest BCUT2D eigenvalue weighted by molar-refractivity contribution is 8.13. The summed E-state index contributed by atoms with van der Waals surface area (Å²) in [6, 6.07) is 21.9. The van der Waals surface area contributed by atoms with Crippen LogP contribution in [0.2, 0.25) is 0 Å². The number of hydrogen-bond donors (Lipinski definition) is 3. The van der Waals surface area contributed by atoms with E-state index in [2.05, 4.69) is 96.2 Å². The summed E-state index contributed by atoms with van der Waals surface area (Å²) in [4.78, 5) is 3.58. The molecule has 3 unspecified atom stereocenters. The minimum atomic E-state index is -0.391. The summed E-state index contributed by atoms with van der Waals surface area (Å²) in [6.45, 7) is 12.4. The maximum Gasteiger partial charge on any atom is 0.0743 e. The molecule has 2 aliphatic rings. The molecule has 1 saturated carbocycles. The van der Waals surface area contributed by atoms with Crippen LogP contribution in [0, 0.1) is 6.92 Å². The third-order valence-electron chi connectivity index (χ3n) is 7.97. The Labute approximate surface area is 234 Å². The van der Waals surface area contributed by atoms with Gasteiger partial charge >= 0.3 is 0 Å². The van der Waals surface area contributed by atoms with E-state index in [9.17, 15) is 5.11 Å². The number of thiophene rings is 1. The van der Waals surface area contributed by atoms with E-state index in [4.69, 9.17) is 5.73 Å². The van der Waals surface area contributed by atoms with E-state index in [1.165, 1.54) is 37.0 Å². The van der Waals surface area contributed by atoms with Gasteiger partial charge in [0.15, 0.2) is 0 Å². The molecule has 6 heteroatoms. The molecule has 0 bridgehead atoms. The molecule has 0 radical (unpaired) electrons. The van der Waals surface area contributed by atoms with Gasteiger partial charge in [-0.15, -0.1) is 11.3 Å². The fourth-order valence-corrected chi connectivity index (χ4v) is 8.06. The number of piperidine rings is 1. The van der Waals surface area contributed by atoms with Gasteiger partial charge in [-0.2, -0.15) is 0 Å².